The van der Waals surface area contributed by atoms with Gasteiger partial charge in [-0.3, -0.25) is 0 Å². The van der Waals surface area contributed by atoms with Gasteiger partial charge in [0.25, 0.3) is 0 Å². The van der Waals surface area contributed by atoms with E-state index in [0.717, 1.165) is 17.9 Å². The Labute approximate surface area is 131 Å². The second kappa shape index (κ2) is 7.15. The highest BCUT2D eigenvalue weighted by Gasteiger charge is 2.09. The molecule has 2 rings (SSSR count). The first kappa shape index (κ1) is 15.4. The first-order valence-corrected chi connectivity index (χ1v) is 7.83. The van der Waals surface area contributed by atoms with E-state index in [1.165, 1.54) is 16.7 Å². The zero-order valence-electron chi connectivity index (χ0n) is 11.9. The second-order valence-corrected chi connectivity index (χ2v) is 6.60. The van der Waals surface area contributed by atoms with Crippen LogP contribution in [-0.2, 0) is 12.8 Å². The number of hydrogen-bond donors (Lipinski definition) is 0. The van der Waals surface area contributed by atoms with E-state index in [-0.39, 0.29) is 5.38 Å². The fraction of sp³-hybridized carbons (Fsp3) is 0.333. The van der Waals surface area contributed by atoms with E-state index in [1.807, 2.05) is 18.2 Å². The van der Waals surface area contributed by atoms with Gasteiger partial charge in [0.2, 0.25) is 0 Å². The monoisotopic (exact) mass is 306 g/mol. The van der Waals surface area contributed by atoms with Gasteiger partial charge in [-0.15, -0.1) is 11.6 Å². The predicted molar refractivity (Wildman–Crippen MR) is 88.7 cm³/mol. The SMILES string of the molecule is CC(C)Cc1ccc(C(Cl)Cc2cccc(Cl)c2)cc1. The smallest absolute Gasteiger partial charge is 0.0625 e. The lowest BCUT2D eigenvalue weighted by Gasteiger charge is -2.12. The highest BCUT2D eigenvalue weighted by atomic mass is 35.5. The lowest BCUT2D eigenvalue weighted by atomic mass is 9.99. The third-order valence-corrected chi connectivity index (χ3v) is 3.93. The van der Waals surface area contributed by atoms with Crippen molar-refractivity contribution in [1.29, 1.82) is 0 Å². The van der Waals surface area contributed by atoms with Gasteiger partial charge in [0, 0.05) is 5.02 Å². The number of hydrogen-bond acceptors (Lipinski definition) is 0. The maximum absolute atomic E-state index is 6.51. The normalized spacial score (nSPS) is 12.7. The van der Waals surface area contributed by atoms with E-state index in [0.29, 0.717) is 5.92 Å². The molecule has 0 amide bonds. The lowest BCUT2D eigenvalue weighted by molar-refractivity contribution is 0.647. The Kier molecular flexibility index (Phi) is 5.51. The average Bonchev–Trinajstić information content (AvgIpc) is 2.38. The molecule has 0 aliphatic rings. The fourth-order valence-electron chi connectivity index (χ4n) is 2.32. The largest absolute Gasteiger partial charge is 0.117 e. The van der Waals surface area contributed by atoms with Crippen molar-refractivity contribution in [3.05, 3.63) is 70.2 Å². The van der Waals surface area contributed by atoms with Gasteiger partial charge in [-0.05, 0) is 47.6 Å². The molecule has 2 aromatic carbocycles. The van der Waals surface area contributed by atoms with E-state index in [4.69, 9.17) is 23.2 Å². The van der Waals surface area contributed by atoms with E-state index in [2.05, 4.69) is 44.2 Å². The van der Waals surface area contributed by atoms with Crippen LogP contribution < -0.4 is 0 Å². The van der Waals surface area contributed by atoms with Gasteiger partial charge >= 0.3 is 0 Å². The van der Waals surface area contributed by atoms with Crippen molar-refractivity contribution in [3.63, 3.8) is 0 Å². The summed E-state index contributed by atoms with van der Waals surface area (Å²) in [4.78, 5) is 0. The molecule has 106 valence electrons. The molecule has 2 aromatic rings. The first-order chi connectivity index (χ1) is 9.54. The molecule has 0 heterocycles. The molecule has 0 fully saturated rings. The molecule has 0 aromatic heterocycles. The zero-order valence-corrected chi connectivity index (χ0v) is 13.5. The van der Waals surface area contributed by atoms with Crippen LogP contribution >= 0.6 is 23.2 Å². The van der Waals surface area contributed by atoms with Crippen molar-refractivity contribution < 1.29 is 0 Å². The molecule has 1 atom stereocenters. The van der Waals surface area contributed by atoms with Crippen LogP contribution in [0.4, 0.5) is 0 Å². The maximum Gasteiger partial charge on any atom is 0.0625 e. The Bertz CT molecular complexity index is 544. The van der Waals surface area contributed by atoms with Crippen LogP contribution in [0.25, 0.3) is 0 Å². The third kappa shape index (κ3) is 4.54. The molecule has 0 aliphatic heterocycles. The lowest BCUT2D eigenvalue weighted by Crippen LogP contribution is -1.98. The van der Waals surface area contributed by atoms with Gasteiger partial charge in [0.1, 0.15) is 0 Å². The summed E-state index contributed by atoms with van der Waals surface area (Å²) in [5.41, 5.74) is 3.71. The summed E-state index contributed by atoms with van der Waals surface area (Å²) in [5, 5.41) is 0.750. The predicted octanol–water partition coefficient (Wildman–Crippen LogP) is 6.06. The molecule has 0 spiro atoms. The third-order valence-electron chi connectivity index (χ3n) is 3.29. The van der Waals surface area contributed by atoms with Crippen molar-refractivity contribution in [2.45, 2.75) is 32.1 Å². The van der Waals surface area contributed by atoms with Crippen molar-refractivity contribution in [2.24, 2.45) is 5.92 Å². The first-order valence-electron chi connectivity index (χ1n) is 7.02. The highest BCUT2D eigenvalue weighted by molar-refractivity contribution is 6.30. The maximum atomic E-state index is 6.51. The van der Waals surface area contributed by atoms with Crippen molar-refractivity contribution >= 4 is 23.2 Å². The summed E-state index contributed by atoms with van der Waals surface area (Å²) >= 11 is 12.5. The van der Waals surface area contributed by atoms with Crippen LogP contribution in [0.1, 0.15) is 35.9 Å². The molecule has 0 aliphatic carbocycles. The van der Waals surface area contributed by atoms with E-state index in [9.17, 15) is 0 Å². The van der Waals surface area contributed by atoms with Gasteiger partial charge in [-0.1, -0.05) is 61.8 Å². The molecule has 0 bridgehead atoms. The summed E-state index contributed by atoms with van der Waals surface area (Å²) in [6.07, 6.45) is 1.91. The molecule has 1 unspecified atom stereocenters. The van der Waals surface area contributed by atoms with E-state index < -0.39 is 0 Å². The minimum atomic E-state index is -0.0124. The molecule has 0 radical (unpaired) electrons. The molecular formula is C18H20Cl2. The Morgan fingerprint density at radius 2 is 1.60 bits per heavy atom. The molecule has 0 N–H and O–H groups in total. The number of alkyl halides is 1. The zero-order chi connectivity index (χ0) is 14.5. The Morgan fingerprint density at radius 3 is 2.20 bits per heavy atom. The molecule has 0 saturated carbocycles. The Morgan fingerprint density at radius 1 is 0.900 bits per heavy atom. The standard InChI is InChI=1S/C18H20Cl2/c1-13(2)10-14-6-8-16(9-7-14)18(20)12-15-4-3-5-17(19)11-15/h3-9,11,13,18H,10,12H2,1-2H3. The molecule has 0 nitrogen and oxygen atoms in total. The van der Waals surface area contributed by atoms with Crippen LogP contribution in [0, 0.1) is 5.92 Å². The molecular weight excluding hydrogens is 287 g/mol. The summed E-state index contributed by atoms with van der Waals surface area (Å²) in [6.45, 7) is 4.47. The van der Waals surface area contributed by atoms with Crippen LogP contribution in [-0.4, -0.2) is 0 Å². The quantitative estimate of drug-likeness (QED) is 0.589. The van der Waals surface area contributed by atoms with Crippen molar-refractivity contribution in [2.75, 3.05) is 0 Å². The summed E-state index contributed by atoms with van der Waals surface area (Å²) in [6, 6.07) is 16.5. The molecule has 20 heavy (non-hydrogen) atoms. The van der Waals surface area contributed by atoms with E-state index in [1.54, 1.807) is 0 Å². The summed E-state index contributed by atoms with van der Waals surface area (Å²) < 4.78 is 0. The fourth-order valence-corrected chi connectivity index (χ4v) is 2.86. The summed E-state index contributed by atoms with van der Waals surface area (Å²) in [5.74, 6) is 0.680. The number of halogens is 2. The van der Waals surface area contributed by atoms with E-state index >= 15 is 0 Å². The van der Waals surface area contributed by atoms with Crippen LogP contribution in [0.15, 0.2) is 48.5 Å². The van der Waals surface area contributed by atoms with Gasteiger partial charge < -0.3 is 0 Å². The van der Waals surface area contributed by atoms with Gasteiger partial charge in [0.05, 0.1) is 5.38 Å². The second-order valence-electron chi connectivity index (χ2n) is 5.64. The van der Waals surface area contributed by atoms with Gasteiger partial charge in [-0.25, -0.2) is 0 Å². The Hall–Kier alpha value is -0.980. The highest BCUT2D eigenvalue weighted by Crippen LogP contribution is 2.26. The van der Waals surface area contributed by atoms with Crippen LogP contribution in [0.5, 0.6) is 0 Å². The number of benzene rings is 2. The van der Waals surface area contributed by atoms with Crippen LogP contribution in [0.2, 0.25) is 5.02 Å². The topological polar surface area (TPSA) is 0 Å². The van der Waals surface area contributed by atoms with Crippen molar-refractivity contribution in [3.8, 4) is 0 Å². The average molecular weight is 307 g/mol. The molecule has 0 saturated heterocycles. The minimum absolute atomic E-state index is 0.0124. The van der Waals surface area contributed by atoms with Crippen molar-refractivity contribution in [1.82, 2.24) is 0 Å². The summed E-state index contributed by atoms with van der Waals surface area (Å²) in [7, 11) is 0. The van der Waals surface area contributed by atoms with Crippen LogP contribution in [0.3, 0.4) is 0 Å². The minimum Gasteiger partial charge on any atom is -0.117 e. The number of rotatable bonds is 5. The van der Waals surface area contributed by atoms with Gasteiger partial charge in [0.15, 0.2) is 0 Å². The van der Waals surface area contributed by atoms with Gasteiger partial charge in [-0.2, -0.15) is 0 Å². The Balaban J connectivity index is 2.03. The molecule has 2 heteroatoms.